The lowest BCUT2D eigenvalue weighted by Gasteiger charge is -2.42. The quantitative estimate of drug-likeness (QED) is 0.751. The van der Waals surface area contributed by atoms with Gasteiger partial charge in [0.25, 0.3) is 0 Å². The standard InChI is InChI=1S/C16H33NS/c1-7-10-17-14-8-9-16(5,6)11-15(14)18-13(4)12(2)3/h12-15,17H,7-11H2,1-6H3. The molecule has 0 heterocycles. The van der Waals surface area contributed by atoms with Crippen LogP contribution in [0.15, 0.2) is 0 Å². The summed E-state index contributed by atoms with van der Waals surface area (Å²) >= 11 is 2.23. The third-order valence-electron chi connectivity index (χ3n) is 4.32. The van der Waals surface area contributed by atoms with E-state index in [2.05, 4.69) is 58.6 Å². The van der Waals surface area contributed by atoms with Crippen molar-refractivity contribution in [2.75, 3.05) is 6.54 Å². The van der Waals surface area contributed by atoms with E-state index in [1.807, 2.05) is 0 Å². The fourth-order valence-corrected chi connectivity index (χ4v) is 4.50. The molecular weight excluding hydrogens is 238 g/mol. The van der Waals surface area contributed by atoms with Crippen LogP contribution in [-0.4, -0.2) is 23.1 Å². The molecule has 0 amide bonds. The Hall–Kier alpha value is 0.310. The monoisotopic (exact) mass is 271 g/mol. The lowest BCUT2D eigenvalue weighted by molar-refractivity contribution is 0.213. The second-order valence-corrected chi connectivity index (χ2v) is 8.71. The van der Waals surface area contributed by atoms with Gasteiger partial charge in [-0.2, -0.15) is 11.8 Å². The molecule has 0 aromatic heterocycles. The largest absolute Gasteiger partial charge is 0.313 e. The van der Waals surface area contributed by atoms with Crippen LogP contribution in [0.5, 0.6) is 0 Å². The third kappa shape index (κ3) is 5.13. The fourth-order valence-electron chi connectivity index (χ4n) is 2.66. The molecule has 1 saturated carbocycles. The minimum absolute atomic E-state index is 0.540. The Morgan fingerprint density at radius 3 is 2.50 bits per heavy atom. The second-order valence-electron chi connectivity index (χ2n) is 7.09. The zero-order valence-corrected chi connectivity index (χ0v) is 14.1. The number of thioether (sulfide) groups is 1. The maximum atomic E-state index is 3.78. The number of rotatable bonds is 6. The third-order valence-corrected chi connectivity index (χ3v) is 6.14. The summed E-state index contributed by atoms with van der Waals surface area (Å²) in [7, 11) is 0. The van der Waals surface area contributed by atoms with Crippen LogP contribution < -0.4 is 5.32 Å². The maximum Gasteiger partial charge on any atom is 0.0209 e. The molecule has 1 N–H and O–H groups in total. The van der Waals surface area contributed by atoms with Gasteiger partial charge in [-0.1, -0.05) is 41.5 Å². The fraction of sp³-hybridized carbons (Fsp3) is 1.00. The highest BCUT2D eigenvalue weighted by atomic mass is 32.2. The first kappa shape index (κ1) is 16.4. The molecule has 3 unspecified atom stereocenters. The summed E-state index contributed by atoms with van der Waals surface area (Å²) in [6.45, 7) is 15.4. The van der Waals surface area contributed by atoms with Crippen LogP contribution in [0.2, 0.25) is 0 Å². The molecule has 0 radical (unpaired) electrons. The molecule has 0 saturated heterocycles. The Bertz CT molecular complexity index is 237. The van der Waals surface area contributed by atoms with Crippen molar-refractivity contribution in [2.24, 2.45) is 11.3 Å². The Balaban J connectivity index is 2.59. The lowest BCUT2D eigenvalue weighted by atomic mass is 9.75. The maximum absolute atomic E-state index is 3.78. The number of hydrogen-bond acceptors (Lipinski definition) is 2. The molecule has 0 aromatic carbocycles. The summed E-state index contributed by atoms with van der Waals surface area (Å²) in [6, 6.07) is 0.740. The summed E-state index contributed by atoms with van der Waals surface area (Å²) in [4.78, 5) is 0. The Labute approximate surface area is 119 Å². The first-order valence-corrected chi connectivity index (χ1v) is 8.69. The molecule has 2 heteroatoms. The van der Waals surface area contributed by atoms with Gasteiger partial charge in [0.15, 0.2) is 0 Å². The molecule has 0 aliphatic heterocycles. The SMILES string of the molecule is CCCNC1CCC(C)(C)CC1SC(C)C(C)C. The van der Waals surface area contributed by atoms with E-state index < -0.39 is 0 Å². The molecule has 1 nitrogen and oxygen atoms in total. The van der Waals surface area contributed by atoms with Crippen molar-refractivity contribution < 1.29 is 0 Å². The summed E-state index contributed by atoms with van der Waals surface area (Å²) < 4.78 is 0. The molecule has 1 rings (SSSR count). The smallest absolute Gasteiger partial charge is 0.0209 e. The average Bonchev–Trinajstić information content (AvgIpc) is 2.27. The van der Waals surface area contributed by atoms with Crippen LogP contribution in [0.3, 0.4) is 0 Å². The van der Waals surface area contributed by atoms with Gasteiger partial charge in [0.2, 0.25) is 0 Å². The van der Waals surface area contributed by atoms with Crippen LogP contribution in [0.1, 0.15) is 67.2 Å². The number of hydrogen-bond donors (Lipinski definition) is 1. The summed E-state index contributed by atoms with van der Waals surface area (Å²) in [6.07, 6.45) is 5.35. The van der Waals surface area contributed by atoms with Crippen LogP contribution in [0, 0.1) is 11.3 Å². The highest BCUT2D eigenvalue weighted by Gasteiger charge is 2.35. The van der Waals surface area contributed by atoms with Crippen LogP contribution in [0.4, 0.5) is 0 Å². The van der Waals surface area contributed by atoms with Crippen LogP contribution >= 0.6 is 11.8 Å². The van der Waals surface area contributed by atoms with Gasteiger partial charge >= 0.3 is 0 Å². The van der Waals surface area contributed by atoms with E-state index >= 15 is 0 Å². The van der Waals surface area contributed by atoms with E-state index in [4.69, 9.17) is 0 Å². The zero-order chi connectivity index (χ0) is 13.8. The van der Waals surface area contributed by atoms with Crippen LogP contribution in [-0.2, 0) is 0 Å². The molecule has 0 spiro atoms. The van der Waals surface area contributed by atoms with E-state index in [-0.39, 0.29) is 0 Å². The zero-order valence-electron chi connectivity index (χ0n) is 13.3. The van der Waals surface area contributed by atoms with Gasteiger partial charge in [0, 0.05) is 16.5 Å². The van der Waals surface area contributed by atoms with E-state index in [0.29, 0.717) is 5.41 Å². The molecule has 18 heavy (non-hydrogen) atoms. The molecule has 1 fully saturated rings. The van der Waals surface area contributed by atoms with Crippen molar-refractivity contribution in [1.82, 2.24) is 5.32 Å². The predicted molar refractivity (Wildman–Crippen MR) is 85.4 cm³/mol. The molecule has 0 aromatic rings. The van der Waals surface area contributed by atoms with E-state index in [1.165, 1.54) is 32.2 Å². The minimum Gasteiger partial charge on any atom is -0.313 e. The molecule has 1 aliphatic carbocycles. The van der Waals surface area contributed by atoms with Crippen molar-refractivity contribution in [2.45, 2.75) is 83.8 Å². The van der Waals surface area contributed by atoms with Crippen molar-refractivity contribution in [1.29, 1.82) is 0 Å². The van der Waals surface area contributed by atoms with Gasteiger partial charge in [0.05, 0.1) is 0 Å². The first-order valence-electron chi connectivity index (χ1n) is 7.74. The van der Waals surface area contributed by atoms with Crippen molar-refractivity contribution >= 4 is 11.8 Å². The van der Waals surface area contributed by atoms with Crippen molar-refractivity contribution in [3.8, 4) is 0 Å². The molecule has 1 aliphatic rings. The molecule has 0 bridgehead atoms. The van der Waals surface area contributed by atoms with E-state index in [0.717, 1.165) is 22.5 Å². The Morgan fingerprint density at radius 1 is 1.28 bits per heavy atom. The topological polar surface area (TPSA) is 12.0 Å². The normalized spacial score (nSPS) is 29.5. The van der Waals surface area contributed by atoms with Crippen molar-refractivity contribution in [3.05, 3.63) is 0 Å². The second kappa shape index (κ2) is 7.19. The Kier molecular flexibility index (Phi) is 6.54. The molecule has 108 valence electrons. The van der Waals surface area contributed by atoms with Crippen molar-refractivity contribution in [3.63, 3.8) is 0 Å². The van der Waals surface area contributed by atoms with E-state index in [9.17, 15) is 0 Å². The van der Waals surface area contributed by atoms with Gasteiger partial charge in [0.1, 0.15) is 0 Å². The average molecular weight is 272 g/mol. The van der Waals surface area contributed by atoms with Gasteiger partial charge in [-0.3, -0.25) is 0 Å². The van der Waals surface area contributed by atoms with E-state index in [1.54, 1.807) is 0 Å². The van der Waals surface area contributed by atoms with Gasteiger partial charge in [-0.05, 0) is 43.6 Å². The first-order chi connectivity index (χ1) is 8.35. The molecule has 3 atom stereocenters. The molecular formula is C16H33NS. The van der Waals surface area contributed by atoms with Gasteiger partial charge in [-0.15, -0.1) is 0 Å². The summed E-state index contributed by atoms with van der Waals surface area (Å²) in [5, 5.41) is 5.36. The lowest BCUT2D eigenvalue weighted by Crippen LogP contribution is -2.45. The van der Waals surface area contributed by atoms with Gasteiger partial charge < -0.3 is 5.32 Å². The van der Waals surface area contributed by atoms with Crippen LogP contribution in [0.25, 0.3) is 0 Å². The Morgan fingerprint density at radius 2 is 1.94 bits per heavy atom. The number of nitrogens with one attached hydrogen (secondary N) is 1. The summed E-state index contributed by atoms with van der Waals surface area (Å²) in [5.74, 6) is 0.784. The van der Waals surface area contributed by atoms with Gasteiger partial charge in [-0.25, -0.2) is 0 Å². The minimum atomic E-state index is 0.540. The highest BCUT2D eigenvalue weighted by Crippen LogP contribution is 2.42. The predicted octanol–water partition coefficient (Wildman–Crippen LogP) is 4.71. The highest BCUT2D eigenvalue weighted by molar-refractivity contribution is 8.00. The summed E-state index contributed by atoms with van der Waals surface area (Å²) in [5.41, 5.74) is 0.540.